The molecular weight excluding hydrogens is 288 g/mol. The molecule has 104 valence electrons. The van der Waals surface area contributed by atoms with E-state index in [1.54, 1.807) is 12.1 Å². The van der Waals surface area contributed by atoms with Gasteiger partial charge in [-0.05, 0) is 24.1 Å². The quantitative estimate of drug-likeness (QED) is 0.808. The average Bonchev–Trinajstić information content (AvgIpc) is 2.26. The summed E-state index contributed by atoms with van der Waals surface area (Å²) < 4.78 is 22.3. The number of carbonyl (C=O) groups is 1. The van der Waals surface area contributed by atoms with Crippen molar-refractivity contribution in [2.45, 2.75) is 18.2 Å². The Hall–Kier alpha value is -1.37. The van der Waals surface area contributed by atoms with Crippen molar-refractivity contribution >= 4 is 33.6 Å². The third-order valence-electron chi connectivity index (χ3n) is 2.26. The monoisotopic (exact) mass is 302 g/mol. The van der Waals surface area contributed by atoms with Gasteiger partial charge in [0.1, 0.15) is 4.90 Å². The molecule has 0 unspecified atom stereocenters. The standard InChI is InChI=1S/C12H15ClN2O3S/c1-9(16)15-7-3-2-4-10-5-6-12(11(13)8-10)19(14,17)18/h2,4-6,8H,3,7H2,1H3,(H,15,16)(H2,14,17,18). The van der Waals surface area contributed by atoms with E-state index >= 15 is 0 Å². The molecule has 0 bridgehead atoms. The lowest BCUT2D eigenvalue weighted by Crippen LogP contribution is -2.20. The Balaban J connectivity index is 2.69. The van der Waals surface area contributed by atoms with Crippen LogP contribution in [0.2, 0.25) is 5.02 Å². The summed E-state index contributed by atoms with van der Waals surface area (Å²) in [6.07, 6.45) is 4.33. The number of primary sulfonamides is 1. The Morgan fingerprint density at radius 2 is 2.16 bits per heavy atom. The van der Waals surface area contributed by atoms with E-state index in [4.69, 9.17) is 16.7 Å². The van der Waals surface area contributed by atoms with Crippen LogP contribution in [-0.4, -0.2) is 20.9 Å². The summed E-state index contributed by atoms with van der Waals surface area (Å²) in [5.74, 6) is -0.0750. The van der Waals surface area contributed by atoms with Gasteiger partial charge in [0.25, 0.3) is 0 Å². The zero-order valence-electron chi connectivity index (χ0n) is 10.4. The average molecular weight is 303 g/mol. The van der Waals surface area contributed by atoms with E-state index in [0.29, 0.717) is 13.0 Å². The number of rotatable bonds is 5. The summed E-state index contributed by atoms with van der Waals surface area (Å²) in [6, 6.07) is 4.50. The van der Waals surface area contributed by atoms with E-state index in [1.165, 1.54) is 19.1 Å². The van der Waals surface area contributed by atoms with Gasteiger partial charge in [-0.15, -0.1) is 0 Å². The molecule has 1 rings (SSSR count). The zero-order valence-corrected chi connectivity index (χ0v) is 12.0. The van der Waals surface area contributed by atoms with E-state index in [-0.39, 0.29) is 15.8 Å². The molecule has 0 spiro atoms. The molecule has 0 aliphatic rings. The Morgan fingerprint density at radius 1 is 1.47 bits per heavy atom. The second-order valence-corrected chi connectivity index (χ2v) is 5.85. The van der Waals surface area contributed by atoms with Gasteiger partial charge in [-0.2, -0.15) is 0 Å². The maximum absolute atomic E-state index is 11.2. The normalized spacial score (nSPS) is 11.7. The molecule has 0 fully saturated rings. The van der Waals surface area contributed by atoms with Gasteiger partial charge in [0, 0.05) is 13.5 Å². The molecule has 1 amide bonds. The maximum atomic E-state index is 11.2. The molecule has 0 radical (unpaired) electrons. The van der Waals surface area contributed by atoms with Gasteiger partial charge in [0.15, 0.2) is 0 Å². The van der Waals surface area contributed by atoms with Crippen LogP contribution in [0.1, 0.15) is 18.9 Å². The van der Waals surface area contributed by atoms with Crippen LogP contribution in [-0.2, 0) is 14.8 Å². The minimum atomic E-state index is -3.79. The number of hydrogen-bond donors (Lipinski definition) is 2. The van der Waals surface area contributed by atoms with Crippen molar-refractivity contribution in [3.05, 3.63) is 34.9 Å². The molecule has 0 aliphatic heterocycles. The molecule has 7 heteroatoms. The summed E-state index contributed by atoms with van der Waals surface area (Å²) >= 11 is 5.85. The molecule has 0 saturated carbocycles. The summed E-state index contributed by atoms with van der Waals surface area (Å²) in [5.41, 5.74) is 0.764. The summed E-state index contributed by atoms with van der Waals surface area (Å²) in [7, 11) is -3.79. The molecular formula is C12H15ClN2O3S. The number of carbonyl (C=O) groups excluding carboxylic acids is 1. The Kier molecular flexibility index (Phi) is 5.53. The number of nitrogens with two attached hydrogens (primary N) is 1. The first-order chi connectivity index (χ1) is 8.80. The topological polar surface area (TPSA) is 89.3 Å². The SMILES string of the molecule is CC(=O)NCCC=Cc1ccc(S(N)(=O)=O)c(Cl)c1. The molecule has 0 atom stereocenters. The van der Waals surface area contributed by atoms with Crippen molar-refractivity contribution in [2.75, 3.05) is 6.54 Å². The van der Waals surface area contributed by atoms with Crippen molar-refractivity contribution in [2.24, 2.45) is 5.14 Å². The van der Waals surface area contributed by atoms with Gasteiger partial charge in [-0.3, -0.25) is 4.79 Å². The first-order valence-electron chi connectivity index (χ1n) is 5.54. The van der Waals surface area contributed by atoms with Crippen LogP contribution in [0.4, 0.5) is 0 Å². The highest BCUT2D eigenvalue weighted by atomic mass is 35.5. The first-order valence-corrected chi connectivity index (χ1v) is 7.46. The molecule has 1 aromatic rings. The van der Waals surface area contributed by atoms with Gasteiger partial charge < -0.3 is 5.32 Å². The Bertz CT molecular complexity index is 597. The number of amides is 1. The first kappa shape index (κ1) is 15.7. The fourth-order valence-electron chi connectivity index (χ4n) is 1.40. The highest BCUT2D eigenvalue weighted by molar-refractivity contribution is 7.89. The smallest absolute Gasteiger partial charge is 0.239 e. The summed E-state index contributed by atoms with van der Waals surface area (Å²) in [5, 5.41) is 7.75. The maximum Gasteiger partial charge on any atom is 0.239 e. The predicted octanol–water partition coefficient (Wildman–Crippen LogP) is 1.53. The van der Waals surface area contributed by atoms with Crippen molar-refractivity contribution in [1.82, 2.24) is 5.32 Å². The van der Waals surface area contributed by atoms with Crippen LogP contribution < -0.4 is 10.5 Å². The Morgan fingerprint density at radius 3 is 2.68 bits per heavy atom. The van der Waals surface area contributed by atoms with Gasteiger partial charge in [-0.1, -0.05) is 29.8 Å². The van der Waals surface area contributed by atoms with E-state index in [0.717, 1.165) is 5.56 Å². The van der Waals surface area contributed by atoms with Gasteiger partial charge in [0.2, 0.25) is 15.9 Å². The number of hydrogen-bond acceptors (Lipinski definition) is 3. The molecule has 5 nitrogen and oxygen atoms in total. The second-order valence-electron chi connectivity index (χ2n) is 3.91. The molecule has 0 aliphatic carbocycles. The highest BCUT2D eigenvalue weighted by Gasteiger charge is 2.12. The third-order valence-corrected chi connectivity index (χ3v) is 3.65. The second kappa shape index (κ2) is 6.70. The van der Waals surface area contributed by atoms with Crippen LogP contribution in [0.3, 0.4) is 0 Å². The lowest BCUT2D eigenvalue weighted by Gasteiger charge is -2.02. The Labute approximate surface area is 117 Å². The number of nitrogens with one attached hydrogen (secondary N) is 1. The van der Waals surface area contributed by atoms with Gasteiger partial charge in [-0.25, -0.2) is 13.6 Å². The predicted molar refractivity (Wildman–Crippen MR) is 75.2 cm³/mol. The van der Waals surface area contributed by atoms with E-state index in [1.807, 2.05) is 6.08 Å². The number of halogens is 1. The molecule has 1 aromatic carbocycles. The van der Waals surface area contributed by atoms with Crippen molar-refractivity contribution in [1.29, 1.82) is 0 Å². The number of benzene rings is 1. The minimum Gasteiger partial charge on any atom is -0.356 e. The summed E-state index contributed by atoms with van der Waals surface area (Å²) in [4.78, 5) is 10.5. The van der Waals surface area contributed by atoms with Crippen molar-refractivity contribution in [3.8, 4) is 0 Å². The fraction of sp³-hybridized carbons (Fsp3) is 0.250. The molecule has 0 heterocycles. The van der Waals surface area contributed by atoms with Crippen molar-refractivity contribution < 1.29 is 13.2 Å². The molecule has 19 heavy (non-hydrogen) atoms. The van der Waals surface area contributed by atoms with E-state index in [2.05, 4.69) is 5.32 Å². The van der Waals surface area contributed by atoms with Crippen LogP contribution in [0.5, 0.6) is 0 Å². The number of sulfonamides is 1. The van der Waals surface area contributed by atoms with Crippen LogP contribution in [0.15, 0.2) is 29.2 Å². The lowest BCUT2D eigenvalue weighted by molar-refractivity contribution is -0.118. The highest BCUT2D eigenvalue weighted by Crippen LogP contribution is 2.22. The molecule has 0 aromatic heterocycles. The fourth-order valence-corrected chi connectivity index (χ4v) is 2.50. The largest absolute Gasteiger partial charge is 0.356 e. The molecule has 0 saturated heterocycles. The van der Waals surface area contributed by atoms with Gasteiger partial charge >= 0.3 is 0 Å². The molecule has 3 N–H and O–H groups in total. The van der Waals surface area contributed by atoms with Crippen molar-refractivity contribution in [3.63, 3.8) is 0 Å². The summed E-state index contributed by atoms with van der Waals surface area (Å²) in [6.45, 7) is 2.00. The van der Waals surface area contributed by atoms with Gasteiger partial charge in [0.05, 0.1) is 5.02 Å². The minimum absolute atomic E-state index is 0.0750. The lowest BCUT2D eigenvalue weighted by atomic mass is 10.2. The third kappa shape index (κ3) is 5.42. The van der Waals surface area contributed by atoms with E-state index in [9.17, 15) is 13.2 Å². The van der Waals surface area contributed by atoms with Crippen LogP contribution in [0.25, 0.3) is 6.08 Å². The zero-order chi connectivity index (χ0) is 14.5. The van der Waals surface area contributed by atoms with Crippen LogP contribution in [0, 0.1) is 0 Å². The van der Waals surface area contributed by atoms with E-state index < -0.39 is 10.0 Å². The van der Waals surface area contributed by atoms with Crippen LogP contribution >= 0.6 is 11.6 Å².